The minimum atomic E-state index is -1.34. The highest BCUT2D eigenvalue weighted by molar-refractivity contribution is 7.06. The second-order valence-corrected chi connectivity index (χ2v) is 22.3. The molecule has 0 saturated heterocycles. The Morgan fingerprint density at radius 1 is 0.733 bits per heavy atom. The molecule has 0 aromatic rings. The molecule has 0 spiro atoms. The summed E-state index contributed by atoms with van der Waals surface area (Å²) in [4.78, 5) is 1.59. The topological polar surface area (TPSA) is 12.4 Å². The SMILES string of the molecule is C[Si](C)(C)N=C=C([Si](C)(C)C)[Si](C)(C)C. The van der Waals surface area contributed by atoms with Crippen molar-refractivity contribution in [2.45, 2.75) is 58.9 Å². The van der Waals surface area contributed by atoms with Gasteiger partial charge in [-0.1, -0.05) is 39.3 Å². The number of hydrogen-bond acceptors (Lipinski definition) is 1. The van der Waals surface area contributed by atoms with Crippen molar-refractivity contribution in [3.63, 3.8) is 0 Å². The van der Waals surface area contributed by atoms with Gasteiger partial charge in [-0.05, 0) is 30.3 Å². The van der Waals surface area contributed by atoms with E-state index in [1.54, 1.807) is 4.82 Å². The molecule has 0 N–H and O–H groups in total. The van der Waals surface area contributed by atoms with Crippen molar-refractivity contribution in [1.82, 2.24) is 0 Å². The van der Waals surface area contributed by atoms with Crippen molar-refractivity contribution in [2.75, 3.05) is 0 Å². The summed E-state index contributed by atoms with van der Waals surface area (Å²) < 4.78 is 4.71. The molecule has 0 aromatic heterocycles. The van der Waals surface area contributed by atoms with Gasteiger partial charge in [-0.2, -0.15) is 0 Å². The summed E-state index contributed by atoms with van der Waals surface area (Å²) in [5.41, 5.74) is 0. The molecule has 0 amide bonds. The van der Waals surface area contributed by atoms with Gasteiger partial charge in [0.1, 0.15) is 0 Å². The van der Waals surface area contributed by atoms with E-state index in [1.165, 1.54) is 0 Å². The van der Waals surface area contributed by atoms with Crippen LogP contribution >= 0.6 is 0 Å². The van der Waals surface area contributed by atoms with E-state index in [0.717, 1.165) is 0 Å². The standard InChI is InChI=1S/C11H27NSi3/c1-13(2,3)11(14(4,5)6)10-12-15(7,8)9/h1-9H3. The highest BCUT2D eigenvalue weighted by Crippen LogP contribution is 2.22. The van der Waals surface area contributed by atoms with Crippen molar-refractivity contribution in [1.29, 1.82) is 0 Å². The highest BCUT2D eigenvalue weighted by atomic mass is 28.4. The molecule has 1 nitrogen and oxygen atoms in total. The zero-order valence-electron chi connectivity index (χ0n) is 11.9. The van der Waals surface area contributed by atoms with Crippen LogP contribution in [0.25, 0.3) is 0 Å². The number of nitrogens with zero attached hydrogens (tertiary/aromatic N) is 1. The molecule has 0 aliphatic heterocycles. The smallest absolute Gasteiger partial charge is 0.184 e. The first-order valence-electron chi connectivity index (χ1n) is 5.70. The first kappa shape index (κ1) is 15.1. The van der Waals surface area contributed by atoms with Crippen LogP contribution in [0.3, 0.4) is 0 Å². The van der Waals surface area contributed by atoms with Crippen LogP contribution in [-0.2, 0) is 0 Å². The third-order valence-corrected chi connectivity index (χ3v) is 10.5. The molecule has 0 atom stereocenters. The fraction of sp³-hybridized carbons (Fsp3) is 0.818. The molecule has 0 aliphatic carbocycles. The van der Waals surface area contributed by atoms with E-state index in [4.69, 9.17) is 4.66 Å². The maximum absolute atomic E-state index is 4.71. The van der Waals surface area contributed by atoms with Gasteiger partial charge in [-0.15, -0.1) is 0 Å². The predicted octanol–water partition coefficient (Wildman–Crippen LogP) is 4.17. The Bertz CT molecular complexity index is 264. The zero-order valence-corrected chi connectivity index (χ0v) is 14.9. The lowest BCUT2D eigenvalue weighted by atomic mass is 11.1. The molecule has 0 aromatic carbocycles. The van der Waals surface area contributed by atoms with Gasteiger partial charge in [0.25, 0.3) is 0 Å². The fourth-order valence-electron chi connectivity index (χ4n) is 1.68. The average Bonchev–Trinajstić information content (AvgIpc) is 1.75. The Hall–Kier alpha value is 0.101. The zero-order chi connectivity index (χ0) is 12.5. The molecule has 4 heteroatoms. The Labute approximate surface area is 98.8 Å². The Morgan fingerprint density at radius 2 is 1.07 bits per heavy atom. The maximum Gasteiger partial charge on any atom is 0.184 e. The predicted molar refractivity (Wildman–Crippen MR) is 81.0 cm³/mol. The van der Waals surface area contributed by atoms with E-state index in [-0.39, 0.29) is 0 Å². The summed E-state index contributed by atoms with van der Waals surface area (Å²) in [7, 11) is -3.79. The summed E-state index contributed by atoms with van der Waals surface area (Å²) in [6.07, 6.45) is 0. The Kier molecular flexibility index (Phi) is 4.57. The minimum Gasteiger partial charge on any atom is -0.285 e. The summed E-state index contributed by atoms with van der Waals surface area (Å²) in [5.74, 6) is 3.47. The monoisotopic (exact) mass is 257 g/mol. The summed E-state index contributed by atoms with van der Waals surface area (Å²) >= 11 is 0. The summed E-state index contributed by atoms with van der Waals surface area (Å²) in [6.45, 7) is 21.3. The summed E-state index contributed by atoms with van der Waals surface area (Å²) in [6, 6.07) is 0. The van der Waals surface area contributed by atoms with E-state index in [1.807, 2.05) is 0 Å². The van der Waals surface area contributed by atoms with E-state index in [9.17, 15) is 0 Å². The van der Waals surface area contributed by atoms with Crippen LogP contribution in [0.5, 0.6) is 0 Å². The lowest BCUT2D eigenvalue weighted by Gasteiger charge is -2.28. The lowest BCUT2D eigenvalue weighted by molar-refractivity contribution is 1.58. The van der Waals surface area contributed by atoms with Gasteiger partial charge in [0, 0.05) is 0 Å². The third kappa shape index (κ3) is 6.30. The second kappa shape index (κ2) is 4.53. The number of rotatable bonds is 3. The van der Waals surface area contributed by atoms with Gasteiger partial charge in [0.05, 0.1) is 16.1 Å². The van der Waals surface area contributed by atoms with E-state index >= 15 is 0 Å². The van der Waals surface area contributed by atoms with Gasteiger partial charge in [0.15, 0.2) is 8.24 Å². The van der Waals surface area contributed by atoms with Gasteiger partial charge >= 0.3 is 0 Å². The average molecular weight is 258 g/mol. The molecule has 0 unspecified atom stereocenters. The van der Waals surface area contributed by atoms with Crippen molar-refractivity contribution < 1.29 is 0 Å². The van der Waals surface area contributed by atoms with Crippen LogP contribution in [0.15, 0.2) is 9.48 Å². The van der Waals surface area contributed by atoms with E-state index in [2.05, 4.69) is 64.8 Å². The molecular formula is C11H27NSi3. The Balaban J connectivity index is 5.44. The van der Waals surface area contributed by atoms with Crippen molar-refractivity contribution in [3.05, 3.63) is 4.82 Å². The minimum absolute atomic E-state index is 1.23. The normalized spacial score (nSPS) is 13.4. The molecular weight excluding hydrogens is 230 g/mol. The van der Waals surface area contributed by atoms with Crippen LogP contribution in [0, 0.1) is 0 Å². The van der Waals surface area contributed by atoms with Crippen molar-refractivity contribution >= 4 is 30.3 Å². The Morgan fingerprint density at radius 3 is 1.27 bits per heavy atom. The second-order valence-electron chi connectivity index (χ2n) is 7.27. The molecule has 15 heavy (non-hydrogen) atoms. The molecule has 0 heterocycles. The van der Waals surface area contributed by atoms with Crippen LogP contribution in [-0.4, -0.2) is 30.3 Å². The lowest BCUT2D eigenvalue weighted by Crippen LogP contribution is -2.40. The molecule has 0 radical (unpaired) electrons. The quantitative estimate of drug-likeness (QED) is 0.531. The van der Waals surface area contributed by atoms with Crippen LogP contribution in [0.1, 0.15) is 0 Å². The molecule has 0 fully saturated rings. The summed E-state index contributed by atoms with van der Waals surface area (Å²) in [5, 5.41) is 0. The maximum atomic E-state index is 4.71. The van der Waals surface area contributed by atoms with E-state index < -0.39 is 24.4 Å². The van der Waals surface area contributed by atoms with Crippen LogP contribution in [0.4, 0.5) is 0 Å². The first-order valence-corrected chi connectivity index (χ1v) is 16.1. The van der Waals surface area contributed by atoms with Crippen molar-refractivity contribution in [3.8, 4) is 0 Å². The van der Waals surface area contributed by atoms with Crippen molar-refractivity contribution in [2.24, 2.45) is 4.66 Å². The number of hydrogen-bond donors (Lipinski definition) is 0. The first-order chi connectivity index (χ1) is 6.34. The largest absolute Gasteiger partial charge is 0.285 e. The molecule has 0 rings (SSSR count). The molecule has 0 saturated carbocycles. The third-order valence-electron chi connectivity index (χ3n) is 2.00. The van der Waals surface area contributed by atoms with Gasteiger partial charge in [-0.3, -0.25) is 4.66 Å². The van der Waals surface area contributed by atoms with Crippen LogP contribution in [0.2, 0.25) is 58.9 Å². The highest BCUT2D eigenvalue weighted by Gasteiger charge is 2.31. The molecule has 88 valence electrons. The van der Waals surface area contributed by atoms with Gasteiger partial charge < -0.3 is 0 Å². The van der Waals surface area contributed by atoms with E-state index in [0.29, 0.717) is 0 Å². The van der Waals surface area contributed by atoms with Crippen LogP contribution < -0.4 is 0 Å². The fourth-order valence-corrected chi connectivity index (χ4v) is 12.1. The van der Waals surface area contributed by atoms with Gasteiger partial charge in [0.2, 0.25) is 0 Å². The van der Waals surface area contributed by atoms with Gasteiger partial charge in [-0.25, -0.2) is 0 Å². The molecule has 0 bridgehead atoms. The molecule has 0 aliphatic rings.